The Labute approximate surface area is 89.5 Å². The molecular formula is C14H13N. The van der Waals surface area contributed by atoms with Crippen LogP contribution in [0.4, 0.5) is 0 Å². The monoisotopic (exact) mass is 195 g/mol. The van der Waals surface area contributed by atoms with E-state index in [0.717, 1.165) is 0 Å². The predicted molar refractivity (Wildman–Crippen MR) is 64.6 cm³/mol. The molecule has 0 amide bonds. The molecule has 0 atom stereocenters. The molecule has 1 nitrogen and oxygen atoms in total. The second kappa shape index (κ2) is 3.50. The summed E-state index contributed by atoms with van der Waals surface area (Å²) in [5, 5.41) is 2.58. The highest BCUT2D eigenvalue weighted by Gasteiger charge is 2.18. The third kappa shape index (κ3) is 1.78. The van der Waals surface area contributed by atoms with E-state index in [1.807, 2.05) is 6.21 Å². The van der Waals surface area contributed by atoms with E-state index in [1.54, 1.807) is 0 Å². The molecule has 1 saturated carbocycles. The summed E-state index contributed by atoms with van der Waals surface area (Å²) >= 11 is 0. The summed E-state index contributed by atoms with van der Waals surface area (Å²) in [5.41, 5.74) is 1.24. The lowest BCUT2D eigenvalue weighted by atomic mass is 10.1. The molecule has 15 heavy (non-hydrogen) atoms. The average molecular weight is 195 g/mol. The van der Waals surface area contributed by atoms with Crippen LogP contribution in [0.25, 0.3) is 10.8 Å². The van der Waals surface area contributed by atoms with E-state index in [2.05, 4.69) is 47.5 Å². The lowest BCUT2D eigenvalue weighted by Gasteiger charge is -2.00. The van der Waals surface area contributed by atoms with E-state index in [0.29, 0.717) is 6.04 Å². The minimum Gasteiger partial charge on any atom is -0.289 e. The fourth-order valence-electron chi connectivity index (χ4n) is 1.77. The molecule has 0 bridgehead atoms. The zero-order chi connectivity index (χ0) is 10.1. The molecule has 3 rings (SSSR count). The Kier molecular flexibility index (Phi) is 2.02. The van der Waals surface area contributed by atoms with E-state index < -0.39 is 0 Å². The van der Waals surface area contributed by atoms with Gasteiger partial charge >= 0.3 is 0 Å². The van der Waals surface area contributed by atoms with E-state index in [9.17, 15) is 0 Å². The molecule has 1 aliphatic carbocycles. The van der Waals surface area contributed by atoms with Gasteiger partial charge in [-0.3, -0.25) is 4.99 Å². The molecule has 0 aliphatic heterocycles. The molecule has 1 heteroatoms. The molecule has 0 spiro atoms. The van der Waals surface area contributed by atoms with Crippen molar-refractivity contribution in [3.63, 3.8) is 0 Å². The van der Waals surface area contributed by atoms with Gasteiger partial charge < -0.3 is 0 Å². The largest absolute Gasteiger partial charge is 0.289 e. The number of rotatable bonds is 2. The fraction of sp³-hybridized carbons (Fsp3) is 0.214. The van der Waals surface area contributed by atoms with Crippen LogP contribution in [0, 0.1) is 0 Å². The van der Waals surface area contributed by atoms with Gasteiger partial charge in [0, 0.05) is 11.8 Å². The van der Waals surface area contributed by atoms with Gasteiger partial charge in [0.05, 0.1) is 6.04 Å². The van der Waals surface area contributed by atoms with Crippen molar-refractivity contribution >= 4 is 17.0 Å². The second-order valence-corrected chi connectivity index (χ2v) is 4.08. The highest BCUT2D eigenvalue weighted by molar-refractivity contribution is 5.99. The molecule has 1 aliphatic rings. The number of hydrogen-bond donors (Lipinski definition) is 0. The van der Waals surface area contributed by atoms with Gasteiger partial charge in [0.25, 0.3) is 0 Å². The Morgan fingerprint density at radius 1 is 1.00 bits per heavy atom. The normalized spacial score (nSPS) is 16.3. The van der Waals surface area contributed by atoms with Crippen molar-refractivity contribution in [2.45, 2.75) is 18.9 Å². The molecule has 0 saturated heterocycles. The van der Waals surface area contributed by atoms with Crippen molar-refractivity contribution in [2.24, 2.45) is 4.99 Å². The maximum Gasteiger partial charge on any atom is 0.0501 e. The van der Waals surface area contributed by atoms with Crippen LogP contribution < -0.4 is 0 Å². The Balaban J connectivity index is 2.08. The topological polar surface area (TPSA) is 12.4 Å². The lowest BCUT2D eigenvalue weighted by molar-refractivity contribution is 1.08. The summed E-state index contributed by atoms with van der Waals surface area (Å²) in [6.07, 6.45) is 4.56. The quantitative estimate of drug-likeness (QED) is 0.651. The van der Waals surface area contributed by atoms with Gasteiger partial charge in [-0.05, 0) is 23.6 Å². The summed E-state index contributed by atoms with van der Waals surface area (Å²) in [6, 6.07) is 15.4. The van der Waals surface area contributed by atoms with Crippen molar-refractivity contribution in [1.82, 2.24) is 0 Å². The fourth-order valence-corrected chi connectivity index (χ4v) is 1.77. The van der Waals surface area contributed by atoms with Crippen LogP contribution in [0.3, 0.4) is 0 Å². The predicted octanol–water partition coefficient (Wildman–Crippen LogP) is 3.42. The van der Waals surface area contributed by atoms with E-state index >= 15 is 0 Å². The molecule has 0 unspecified atom stereocenters. The standard InChI is InChI=1S/C14H13N/c1-2-7-14-11(4-1)5-3-6-12(14)10-15-13-8-9-13/h1-7,10,13H,8-9H2. The van der Waals surface area contributed by atoms with E-state index in [4.69, 9.17) is 0 Å². The summed E-state index contributed by atoms with van der Waals surface area (Å²) in [5.74, 6) is 0. The average Bonchev–Trinajstić information content (AvgIpc) is 3.10. The highest BCUT2D eigenvalue weighted by Crippen LogP contribution is 2.24. The number of benzene rings is 2. The van der Waals surface area contributed by atoms with Crippen LogP contribution in [0.1, 0.15) is 18.4 Å². The van der Waals surface area contributed by atoms with Crippen LogP contribution in [0.15, 0.2) is 47.5 Å². The van der Waals surface area contributed by atoms with Crippen molar-refractivity contribution in [3.05, 3.63) is 48.0 Å². The number of hydrogen-bond acceptors (Lipinski definition) is 1. The first-order chi connectivity index (χ1) is 7.43. The van der Waals surface area contributed by atoms with Gasteiger partial charge in [0.2, 0.25) is 0 Å². The zero-order valence-electron chi connectivity index (χ0n) is 8.56. The SMILES string of the molecule is C(=NC1CC1)c1cccc2ccccc12. The molecule has 0 N–H and O–H groups in total. The lowest BCUT2D eigenvalue weighted by Crippen LogP contribution is -1.85. The van der Waals surface area contributed by atoms with Crippen LogP contribution in [-0.2, 0) is 0 Å². The zero-order valence-corrected chi connectivity index (χ0v) is 8.56. The molecule has 1 fully saturated rings. The van der Waals surface area contributed by atoms with E-state index in [1.165, 1.54) is 29.2 Å². The van der Waals surface area contributed by atoms with Gasteiger partial charge in [-0.1, -0.05) is 42.5 Å². The minimum atomic E-state index is 0.601. The molecular weight excluding hydrogens is 182 g/mol. The molecule has 0 heterocycles. The number of aliphatic imine (C=N–C) groups is 1. The first kappa shape index (κ1) is 8.66. The number of fused-ring (bicyclic) bond motifs is 1. The first-order valence-electron chi connectivity index (χ1n) is 5.44. The molecule has 2 aromatic rings. The van der Waals surface area contributed by atoms with E-state index in [-0.39, 0.29) is 0 Å². The maximum absolute atomic E-state index is 4.53. The number of nitrogens with zero attached hydrogens (tertiary/aromatic N) is 1. The molecule has 74 valence electrons. The van der Waals surface area contributed by atoms with Gasteiger partial charge in [0.1, 0.15) is 0 Å². The second-order valence-electron chi connectivity index (χ2n) is 4.08. The molecule has 2 aromatic carbocycles. The van der Waals surface area contributed by atoms with Crippen molar-refractivity contribution in [2.75, 3.05) is 0 Å². The Hall–Kier alpha value is -1.63. The molecule has 0 radical (unpaired) electrons. The Bertz CT molecular complexity index is 504. The Morgan fingerprint density at radius 2 is 1.80 bits per heavy atom. The van der Waals surface area contributed by atoms with Crippen molar-refractivity contribution in [1.29, 1.82) is 0 Å². The summed E-state index contributed by atoms with van der Waals surface area (Å²) in [6.45, 7) is 0. The van der Waals surface area contributed by atoms with Gasteiger partial charge in [-0.15, -0.1) is 0 Å². The van der Waals surface area contributed by atoms with Gasteiger partial charge in [-0.2, -0.15) is 0 Å². The summed E-state index contributed by atoms with van der Waals surface area (Å²) in [7, 11) is 0. The van der Waals surface area contributed by atoms with Gasteiger partial charge in [0.15, 0.2) is 0 Å². The first-order valence-corrected chi connectivity index (χ1v) is 5.44. The van der Waals surface area contributed by atoms with Crippen LogP contribution in [0.5, 0.6) is 0 Å². The smallest absolute Gasteiger partial charge is 0.0501 e. The van der Waals surface area contributed by atoms with Crippen molar-refractivity contribution < 1.29 is 0 Å². The maximum atomic E-state index is 4.53. The summed E-state index contributed by atoms with van der Waals surface area (Å²) in [4.78, 5) is 4.53. The third-order valence-corrected chi connectivity index (χ3v) is 2.79. The minimum absolute atomic E-state index is 0.601. The van der Waals surface area contributed by atoms with Crippen molar-refractivity contribution in [3.8, 4) is 0 Å². The highest BCUT2D eigenvalue weighted by atomic mass is 14.8. The summed E-state index contributed by atoms with van der Waals surface area (Å²) < 4.78 is 0. The van der Waals surface area contributed by atoms with Crippen LogP contribution in [0.2, 0.25) is 0 Å². The van der Waals surface area contributed by atoms with Crippen LogP contribution in [-0.4, -0.2) is 12.3 Å². The van der Waals surface area contributed by atoms with Gasteiger partial charge in [-0.25, -0.2) is 0 Å². The molecule has 0 aromatic heterocycles. The third-order valence-electron chi connectivity index (χ3n) is 2.79. The van der Waals surface area contributed by atoms with Crippen LogP contribution >= 0.6 is 0 Å². The Morgan fingerprint density at radius 3 is 2.67 bits per heavy atom.